The molecule has 0 saturated heterocycles. The number of rotatable bonds is 3. The van der Waals surface area contributed by atoms with Crippen molar-refractivity contribution in [1.29, 1.82) is 0 Å². The van der Waals surface area contributed by atoms with Crippen LogP contribution in [0.5, 0.6) is 5.75 Å². The Kier molecular flexibility index (Phi) is 5.14. The smallest absolute Gasteiger partial charge is 0.405 e. The molecule has 1 aromatic carbocycles. The lowest BCUT2D eigenvalue weighted by Crippen LogP contribution is -2.19. The van der Waals surface area contributed by atoms with E-state index in [1.165, 1.54) is 11.3 Å². The summed E-state index contributed by atoms with van der Waals surface area (Å²) in [6, 6.07) is 3.96. The van der Waals surface area contributed by atoms with E-state index in [9.17, 15) is 9.90 Å². The van der Waals surface area contributed by atoms with Gasteiger partial charge in [0.25, 0.3) is 0 Å². The average Bonchev–Trinajstić information content (AvgIpc) is 2.91. The molecule has 0 saturated carbocycles. The van der Waals surface area contributed by atoms with Crippen LogP contribution in [0.25, 0.3) is 11.3 Å². The minimum absolute atomic E-state index is 0.191. The zero-order valence-electron chi connectivity index (χ0n) is 15.6. The predicted molar refractivity (Wildman–Crippen MR) is 101 cm³/mol. The third-order valence-corrected chi connectivity index (χ3v) is 4.81. The van der Waals surface area contributed by atoms with Gasteiger partial charge in [0.2, 0.25) is 0 Å². The number of phenolic OH excluding ortho intramolecular Hbond substituents is 1. The number of amides is 1. The highest BCUT2D eigenvalue weighted by Crippen LogP contribution is 2.42. The molecule has 0 unspecified atom stereocenters. The normalized spacial score (nSPS) is 12.2. The summed E-state index contributed by atoms with van der Waals surface area (Å²) in [6.07, 6.45) is -1.06. The van der Waals surface area contributed by atoms with Gasteiger partial charge in [-0.2, -0.15) is 0 Å². The molecule has 25 heavy (non-hydrogen) atoms. The molecule has 5 nitrogen and oxygen atoms in total. The number of nitrogens with zero attached hydrogens (tertiary/aromatic N) is 1. The second-order valence-corrected chi connectivity index (χ2v) is 9.15. The van der Waals surface area contributed by atoms with Crippen LogP contribution in [-0.2, 0) is 17.4 Å². The maximum absolute atomic E-state index is 10.8. The molecule has 0 radical (unpaired) electrons. The number of benzene rings is 1. The van der Waals surface area contributed by atoms with E-state index >= 15 is 0 Å². The van der Waals surface area contributed by atoms with Crippen LogP contribution in [0.15, 0.2) is 17.5 Å². The summed E-state index contributed by atoms with van der Waals surface area (Å²) in [4.78, 5) is 15.2. The molecule has 0 bridgehead atoms. The van der Waals surface area contributed by atoms with E-state index in [0.29, 0.717) is 10.8 Å². The molecule has 0 aliphatic rings. The summed E-state index contributed by atoms with van der Waals surface area (Å²) >= 11 is 1.42. The number of hydrogen-bond acceptors (Lipinski definition) is 4. The highest BCUT2D eigenvalue weighted by molar-refractivity contribution is 7.09. The molecular weight excluding hydrogens is 336 g/mol. The monoisotopic (exact) mass is 362 g/mol. The molecule has 0 aliphatic carbocycles. The Labute approximate surface area is 152 Å². The first-order chi connectivity index (χ1) is 11.4. The summed E-state index contributed by atoms with van der Waals surface area (Å²) < 4.78 is 0. The van der Waals surface area contributed by atoms with Gasteiger partial charge in [-0.05, 0) is 23.0 Å². The lowest BCUT2D eigenvalue weighted by Gasteiger charge is -2.28. The molecule has 0 aliphatic heterocycles. The topological polar surface area (TPSA) is 82.5 Å². The minimum atomic E-state index is -1.06. The highest BCUT2D eigenvalue weighted by atomic mass is 32.1. The predicted octanol–water partition coefficient (Wildman–Crippen LogP) is 4.88. The van der Waals surface area contributed by atoms with Gasteiger partial charge < -0.3 is 15.5 Å². The first kappa shape index (κ1) is 19.2. The van der Waals surface area contributed by atoms with Crippen molar-refractivity contribution >= 4 is 17.4 Å². The van der Waals surface area contributed by atoms with E-state index in [1.54, 1.807) is 0 Å². The molecular formula is C19H26N2O3S. The number of aromatic hydroxyl groups is 1. The standard InChI is InChI=1S/C19H26N2O3S/c1-18(2,3)12-7-11(8-13(16(12)22)19(4,5)6)14-10-25-15(21-14)9-20-17(23)24/h7-8,10,20,22H,9H2,1-6H3,(H,23,24). The molecule has 2 aromatic rings. The third kappa shape index (κ3) is 4.51. The zero-order valence-corrected chi connectivity index (χ0v) is 16.4. The molecule has 1 aromatic heterocycles. The zero-order chi connectivity index (χ0) is 19.0. The van der Waals surface area contributed by atoms with E-state index in [2.05, 4.69) is 51.8 Å². The van der Waals surface area contributed by atoms with Crippen molar-refractivity contribution < 1.29 is 15.0 Å². The van der Waals surface area contributed by atoms with Crippen LogP contribution in [0.2, 0.25) is 0 Å². The van der Waals surface area contributed by atoms with Gasteiger partial charge in [-0.1, -0.05) is 41.5 Å². The van der Waals surface area contributed by atoms with E-state index in [4.69, 9.17) is 5.11 Å². The summed E-state index contributed by atoms with van der Waals surface area (Å²) in [5.41, 5.74) is 3.09. The summed E-state index contributed by atoms with van der Waals surface area (Å²) in [7, 11) is 0. The maximum atomic E-state index is 10.8. The van der Waals surface area contributed by atoms with Gasteiger partial charge >= 0.3 is 6.09 Å². The van der Waals surface area contributed by atoms with E-state index in [0.717, 1.165) is 22.4 Å². The Morgan fingerprint density at radius 1 is 1.12 bits per heavy atom. The van der Waals surface area contributed by atoms with E-state index in [1.807, 2.05) is 17.5 Å². The van der Waals surface area contributed by atoms with Crippen molar-refractivity contribution in [3.8, 4) is 17.0 Å². The van der Waals surface area contributed by atoms with Gasteiger partial charge in [0.05, 0.1) is 12.2 Å². The molecule has 1 heterocycles. The molecule has 0 atom stereocenters. The van der Waals surface area contributed by atoms with Crippen molar-refractivity contribution in [1.82, 2.24) is 10.3 Å². The van der Waals surface area contributed by atoms with Gasteiger partial charge in [0.1, 0.15) is 10.8 Å². The Morgan fingerprint density at radius 2 is 1.64 bits per heavy atom. The fraction of sp³-hybridized carbons (Fsp3) is 0.474. The van der Waals surface area contributed by atoms with Crippen LogP contribution >= 0.6 is 11.3 Å². The fourth-order valence-electron chi connectivity index (χ4n) is 2.60. The Balaban J connectivity index is 2.53. The fourth-order valence-corrected chi connectivity index (χ4v) is 3.34. The number of carboxylic acid groups (broad SMARTS) is 1. The Hall–Kier alpha value is -2.08. The average molecular weight is 362 g/mol. The molecule has 6 heteroatoms. The minimum Gasteiger partial charge on any atom is -0.507 e. The van der Waals surface area contributed by atoms with Crippen molar-refractivity contribution in [2.75, 3.05) is 0 Å². The number of phenols is 1. The second kappa shape index (κ2) is 6.67. The van der Waals surface area contributed by atoms with Crippen molar-refractivity contribution in [2.24, 2.45) is 0 Å². The second-order valence-electron chi connectivity index (χ2n) is 8.21. The number of hydrogen-bond donors (Lipinski definition) is 3. The molecule has 3 N–H and O–H groups in total. The van der Waals surface area contributed by atoms with Crippen molar-refractivity contribution in [3.05, 3.63) is 33.6 Å². The van der Waals surface area contributed by atoms with Crippen molar-refractivity contribution in [2.45, 2.75) is 58.9 Å². The SMILES string of the molecule is CC(C)(C)c1cc(-c2csc(CNC(=O)O)n2)cc(C(C)(C)C)c1O. The van der Waals surface area contributed by atoms with Gasteiger partial charge in [0, 0.05) is 22.1 Å². The lowest BCUT2D eigenvalue weighted by molar-refractivity contribution is 0.194. The van der Waals surface area contributed by atoms with Gasteiger partial charge in [-0.25, -0.2) is 9.78 Å². The first-order valence-corrected chi connectivity index (χ1v) is 9.07. The highest BCUT2D eigenvalue weighted by Gasteiger charge is 2.27. The summed E-state index contributed by atoms with van der Waals surface area (Å²) in [5.74, 6) is 0.340. The number of carbonyl (C=O) groups is 1. The van der Waals surface area contributed by atoms with Crippen molar-refractivity contribution in [3.63, 3.8) is 0 Å². The number of thiazole rings is 1. The van der Waals surface area contributed by atoms with Crippen LogP contribution < -0.4 is 5.32 Å². The molecule has 0 fully saturated rings. The Morgan fingerprint density at radius 3 is 2.08 bits per heavy atom. The van der Waals surface area contributed by atoms with E-state index < -0.39 is 6.09 Å². The molecule has 0 spiro atoms. The first-order valence-electron chi connectivity index (χ1n) is 8.19. The van der Waals surface area contributed by atoms with Crippen LogP contribution in [0.1, 0.15) is 57.7 Å². The maximum Gasteiger partial charge on any atom is 0.405 e. The quantitative estimate of drug-likeness (QED) is 0.727. The molecule has 1 amide bonds. The molecule has 136 valence electrons. The number of nitrogens with one attached hydrogen (secondary N) is 1. The van der Waals surface area contributed by atoms with Crippen LogP contribution in [-0.4, -0.2) is 21.3 Å². The largest absolute Gasteiger partial charge is 0.507 e. The van der Waals surface area contributed by atoms with Crippen LogP contribution in [0, 0.1) is 0 Å². The van der Waals surface area contributed by atoms with Gasteiger partial charge in [-0.3, -0.25) is 0 Å². The number of aromatic nitrogens is 1. The summed E-state index contributed by atoms with van der Waals surface area (Å²) in [5, 5.41) is 24.5. The lowest BCUT2D eigenvalue weighted by atomic mass is 9.78. The Bertz CT molecular complexity index is 748. The van der Waals surface area contributed by atoms with Gasteiger partial charge in [-0.15, -0.1) is 11.3 Å². The van der Waals surface area contributed by atoms with Crippen LogP contribution in [0.4, 0.5) is 4.79 Å². The third-order valence-electron chi connectivity index (χ3n) is 3.96. The summed E-state index contributed by atoms with van der Waals surface area (Å²) in [6.45, 7) is 12.6. The molecule has 2 rings (SSSR count). The van der Waals surface area contributed by atoms with E-state index in [-0.39, 0.29) is 17.4 Å². The van der Waals surface area contributed by atoms with Crippen LogP contribution in [0.3, 0.4) is 0 Å². The van der Waals surface area contributed by atoms with Gasteiger partial charge in [0.15, 0.2) is 0 Å².